The molecular weight excluding hydrogens is 420 g/mol. The molecule has 2 aromatic rings. The van der Waals surface area contributed by atoms with Gasteiger partial charge in [0.15, 0.2) is 17.4 Å². The van der Waals surface area contributed by atoms with Gasteiger partial charge in [0, 0.05) is 31.1 Å². The number of benzene rings is 2. The monoisotopic (exact) mass is 447 g/mol. The highest BCUT2D eigenvalue weighted by Gasteiger charge is 2.32. The number of hydrogen-bond acceptors (Lipinski definition) is 5. The minimum absolute atomic E-state index is 0.0162. The molecule has 0 aromatic heterocycles. The first-order valence-electron chi connectivity index (χ1n) is 10.3. The van der Waals surface area contributed by atoms with Crippen molar-refractivity contribution in [2.24, 2.45) is 0 Å². The van der Waals surface area contributed by atoms with E-state index in [2.05, 4.69) is 5.32 Å². The first-order chi connectivity index (χ1) is 15.1. The maximum Gasteiger partial charge on any atom is 0.410 e. The Bertz CT molecular complexity index is 1030. The van der Waals surface area contributed by atoms with Crippen molar-refractivity contribution in [3.05, 3.63) is 76.1 Å². The Morgan fingerprint density at radius 3 is 2.62 bits per heavy atom. The fraction of sp³-hybridized carbons (Fsp3) is 0.348. The van der Waals surface area contributed by atoms with Crippen LogP contribution in [-0.4, -0.2) is 38.5 Å². The van der Waals surface area contributed by atoms with Crippen molar-refractivity contribution in [1.82, 2.24) is 15.3 Å². The van der Waals surface area contributed by atoms with E-state index in [0.717, 1.165) is 18.1 Å². The quantitative estimate of drug-likeness (QED) is 0.461. The van der Waals surface area contributed by atoms with E-state index in [1.807, 2.05) is 6.92 Å². The van der Waals surface area contributed by atoms with E-state index in [9.17, 15) is 28.9 Å². The number of rotatable bonds is 8. The molecule has 0 bridgehead atoms. The lowest BCUT2D eigenvalue weighted by molar-refractivity contribution is -0.175. The number of hydrogen-bond donors (Lipinski definition) is 4. The first-order valence-corrected chi connectivity index (χ1v) is 10.3. The molecule has 1 aliphatic rings. The van der Waals surface area contributed by atoms with Gasteiger partial charge >= 0.3 is 6.09 Å². The van der Waals surface area contributed by atoms with Crippen LogP contribution in [0.2, 0.25) is 0 Å². The average Bonchev–Trinajstić information content (AvgIpc) is 2.74. The Morgan fingerprint density at radius 2 is 1.94 bits per heavy atom. The third-order valence-corrected chi connectivity index (χ3v) is 5.46. The highest BCUT2D eigenvalue weighted by molar-refractivity contribution is 5.71. The summed E-state index contributed by atoms with van der Waals surface area (Å²) in [7, 11) is 1.63. The lowest BCUT2D eigenvalue weighted by atomic mass is 9.90. The van der Waals surface area contributed by atoms with Gasteiger partial charge in [-0.15, -0.1) is 0 Å². The molecule has 1 heterocycles. The zero-order valence-corrected chi connectivity index (χ0v) is 18.0. The molecule has 0 saturated carbocycles. The van der Waals surface area contributed by atoms with Crippen molar-refractivity contribution in [2.45, 2.75) is 45.1 Å². The van der Waals surface area contributed by atoms with Crippen molar-refractivity contribution in [2.75, 3.05) is 7.05 Å². The molecular formula is C23H27F2N3O4. The third kappa shape index (κ3) is 5.07. The molecule has 0 aliphatic carbocycles. The summed E-state index contributed by atoms with van der Waals surface area (Å²) in [6.07, 6.45) is 1.74. The summed E-state index contributed by atoms with van der Waals surface area (Å²) in [6, 6.07) is 9.00. The number of aliphatic hydroxyl groups is 2. The minimum Gasteiger partial charge on any atom is -0.465 e. The normalized spacial score (nSPS) is 13.7. The Balaban J connectivity index is 1.97. The predicted octanol–water partition coefficient (Wildman–Crippen LogP) is 3.72. The summed E-state index contributed by atoms with van der Waals surface area (Å²) in [6.45, 7) is 2.12. The van der Waals surface area contributed by atoms with Crippen molar-refractivity contribution >= 4 is 12.2 Å². The average molecular weight is 447 g/mol. The van der Waals surface area contributed by atoms with Crippen LogP contribution in [0.3, 0.4) is 0 Å². The van der Waals surface area contributed by atoms with E-state index in [1.165, 1.54) is 18.2 Å². The second kappa shape index (κ2) is 9.64. The Hall–Kier alpha value is -3.01. The van der Waals surface area contributed by atoms with E-state index in [4.69, 9.17) is 0 Å². The largest absolute Gasteiger partial charge is 0.465 e. The molecule has 9 heteroatoms. The lowest BCUT2D eigenvalue weighted by Gasteiger charge is -2.39. The summed E-state index contributed by atoms with van der Waals surface area (Å²) in [5, 5.41) is 36.1. The van der Waals surface area contributed by atoms with Crippen LogP contribution in [0.25, 0.3) is 6.08 Å². The number of carboxylic acid groups (broad SMARTS) is 1. The molecule has 4 N–H and O–H groups in total. The minimum atomic E-state index is -2.06. The molecule has 0 unspecified atom stereocenters. The Labute approximate surface area is 185 Å². The molecule has 3 rings (SSSR count). The Morgan fingerprint density at radius 1 is 1.22 bits per heavy atom. The molecule has 0 atom stereocenters. The summed E-state index contributed by atoms with van der Waals surface area (Å²) >= 11 is 0. The molecule has 0 radical (unpaired) electrons. The van der Waals surface area contributed by atoms with Crippen LogP contribution < -0.4 is 5.32 Å². The molecule has 0 spiro atoms. The predicted molar refractivity (Wildman–Crippen MR) is 115 cm³/mol. The second-order valence-corrected chi connectivity index (χ2v) is 7.84. The summed E-state index contributed by atoms with van der Waals surface area (Å²) in [5.74, 6) is -3.83. The topological polar surface area (TPSA) is 96.3 Å². The number of carbonyl (C=O) groups is 1. The fourth-order valence-electron chi connectivity index (χ4n) is 3.80. The number of unbranched alkanes of at least 4 members (excludes halogenated alkanes) is 1. The molecule has 1 aliphatic heterocycles. The van der Waals surface area contributed by atoms with Crippen LogP contribution in [-0.2, 0) is 18.9 Å². The molecule has 32 heavy (non-hydrogen) atoms. The number of hydrazine groups is 1. The van der Waals surface area contributed by atoms with Gasteiger partial charge in [-0.3, -0.25) is 10.3 Å². The van der Waals surface area contributed by atoms with Crippen LogP contribution in [0.4, 0.5) is 13.6 Å². The van der Waals surface area contributed by atoms with Gasteiger partial charge in [-0.25, -0.2) is 18.6 Å². The fourth-order valence-corrected chi connectivity index (χ4v) is 3.80. The van der Waals surface area contributed by atoms with Crippen molar-refractivity contribution in [3.63, 3.8) is 0 Å². The Kier molecular flexibility index (Phi) is 7.12. The number of halogens is 2. The van der Waals surface area contributed by atoms with Gasteiger partial charge in [0.25, 0.3) is 0 Å². The van der Waals surface area contributed by atoms with E-state index >= 15 is 0 Å². The first kappa shape index (κ1) is 23.6. The lowest BCUT2D eigenvalue weighted by Crippen LogP contribution is -2.45. The van der Waals surface area contributed by atoms with E-state index < -0.39 is 23.5 Å². The molecule has 7 nitrogen and oxygen atoms in total. The van der Waals surface area contributed by atoms with Gasteiger partial charge in [0.2, 0.25) is 0 Å². The molecule has 172 valence electrons. The number of fused-ring (bicyclic) bond motifs is 1. The van der Waals surface area contributed by atoms with Crippen molar-refractivity contribution < 1.29 is 28.9 Å². The van der Waals surface area contributed by atoms with Gasteiger partial charge in [-0.2, -0.15) is 0 Å². The highest BCUT2D eigenvalue weighted by atomic mass is 19.2. The molecule has 0 saturated heterocycles. The highest BCUT2D eigenvalue weighted by Crippen LogP contribution is 2.34. The van der Waals surface area contributed by atoms with Gasteiger partial charge in [-0.1, -0.05) is 43.7 Å². The smallest absolute Gasteiger partial charge is 0.410 e. The number of nitrogens with one attached hydrogen (secondary N) is 1. The van der Waals surface area contributed by atoms with E-state index in [-0.39, 0.29) is 36.5 Å². The van der Waals surface area contributed by atoms with E-state index in [0.29, 0.717) is 12.0 Å². The van der Waals surface area contributed by atoms with Gasteiger partial charge in [0.1, 0.15) is 5.82 Å². The molecule has 2 aromatic carbocycles. The summed E-state index contributed by atoms with van der Waals surface area (Å²) in [4.78, 5) is 11.4. The zero-order chi connectivity index (χ0) is 23.5. The zero-order valence-electron chi connectivity index (χ0n) is 18.0. The molecule has 1 amide bonds. The molecule has 0 fully saturated rings. The number of amides is 1. The van der Waals surface area contributed by atoms with Crippen LogP contribution in [0, 0.1) is 11.6 Å². The van der Waals surface area contributed by atoms with Crippen molar-refractivity contribution in [1.29, 1.82) is 0 Å². The second-order valence-electron chi connectivity index (χ2n) is 7.84. The summed E-state index contributed by atoms with van der Waals surface area (Å²) < 4.78 is 27.8. The van der Waals surface area contributed by atoms with E-state index in [1.54, 1.807) is 35.3 Å². The third-order valence-electron chi connectivity index (χ3n) is 5.46. The van der Waals surface area contributed by atoms with Crippen molar-refractivity contribution in [3.8, 4) is 0 Å². The standard InChI is InChI=1S/C23H27F2N3O4/c1-3-4-11-23(31,32)18-9-5-7-15-14-28(20(12-17(15)18)26-22(29)30)27(2)13-16-8-6-10-19(24)21(16)25/h5-10,12,26,31-32H,3-4,11,13-14H2,1-2H3,(H,29,30). The maximum absolute atomic E-state index is 14.2. The van der Waals surface area contributed by atoms with Gasteiger partial charge < -0.3 is 15.3 Å². The van der Waals surface area contributed by atoms with Crippen LogP contribution in [0.5, 0.6) is 0 Å². The van der Waals surface area contributed by atoms with Gasteiger partial charge in [0.05, 0.1) is 6.54 Å². The van der Waals surface area contributed by atoms with Crippen LogP contribution >= 0.6 is 0 Å². The maximum atomic E-state index is 14.2. The van der Waals surface area contributed by atoms with Crippen LogP contribution in [0.15, 0.2) is 42.2 Å². The van der Waals surface area contributed by atoms with Crippen LogP contribution in [0.1, 0.15) is 48.4 Å². The van der Waals surface area contributed by atoms with Gasteiger partial charge in [-0.05, 0) is 29.7 Å². The SMILES string of the molecule is CCCCC(O)(O)c1cccc2c1C=C(NC(=O)O)N(N(C)Cc1cccc(F)c1F)C2. The number of nitrogens with zero attached hydrogens (tertiary/aromatic N) is 2. The summed E-state index contributed by atoms with van der Waals surface area (Å²) in [5.41, 5.74) is 1.64.